The van der Waals surface area contributed by atoms with Crippen LogP contribution in [0, 0.1) is 0 Å². The molecule has 1 fully saturated rings. The van der Waals surface area contributed by atoms with Crippen molar-refractivity contribution in [1.29, 1.82) is 0 Å². The van der Waals surface area contributed by atoms with Crippen LogP contribution in [0.25, 0.3) is 0 Å². The summed E-state index contributed by atoms with van der Waals surface area (Å²) in [5, 5.41) is 41.1. The zero-order chi connectivity index (χ0) is 46.2. The molecule has 0 heterocycles. The van der Waals surface area contributed by atoms with Gasteiger partial charge in [0.05, 0.1) is 6.61 Å². The fourth-order valence-corrected chi connectivity index (χ4v) is 7.88. The van der Waals surface area contributed by atoms with Crippen molar-refractivity contribution in [2.75, 3.05) is 13.2 Å². The van der Waals surface area contributed by atoms with Gasteiger partial charge in [-0.1, -0.05) is 114 Å². The molecular formula is C43H74O17P2. The average Bonchev–Trinajstić information content (AvgIpc) is 3.22. The molecule has 1 aliphatic rings. The van der Waals surface area contributed by atoms with Gasteiger partial charge in [-0.2, -0.15) is 0 Å². The zero-order valence-corrected chi connectivity index (χ0v) is 38.3. The molecule has 19 heteroatoms. The van der Waals surface area contributed by atoms with Crippen LogP contribution in [0.5, 0.6) is 0 Å². The first-order valence-corrected chi connectivity index (χ1v) is 25.2. The van der Waals surface area contributed by atoms with Crippen molar-refractivity contribution in [1.82, 2.24) is 0 Å². The Labute approximate surface area is 367 Å². The predicted octanol–water partition coefficient (Wildman–Crippen LogP) is 6.90. The number of rotatable bonds is 36. The van der Waals surface area contributed by atoms with Gasteiger partial charge < -0.3 is 44.6 Å². The molecule has 0 amide bonds. The second kappa shape index (κ2) is 34.0. The molecule has 17 nitrogen and oxygen atoms in total. The smallest absolute Gasteiger partial charge is 0.462 e. The molecule has 0 bridgehead atoms. The van der Waals surface area contributed by atoms with Crippen LogP contribution >= 0.6 is 15.6 Å². The highest BCUT2D eigenvalue weighted by Crippen LogP contribution is 2.49. The summed E-state index contributed by atoms with van der Waals surface area (Å²) in [7, 11) is -10.7. The number of allylic oxidation sites excluding steroid dienone is 8. The van der Waals surface area contributed by atoms with E-state index in [1.54, 1.807) is 12.2 Å². The zero-order valence-electron chi connectivity index (χ0n) is 36.5. The lowest BCUT2D eigenvalue weighted by Gasteiger charge is -2.43. The summed E-state index contributed by atoms with van der Waals surface area (Å²) in [5.41, 5.74) is 0. The van der Waals surface area contributed by atoms with Crippen LogP contribution in [0.4, 0.5) is 0 Å². The first kappa shape index (κ1) is 57.6. The van der Waals surface area contributed by atoms with Gasteiger partial charge >= 0.3 is 27.6 Å². The van der Waals surface area contributed by atoms with Crippen molar-refractivity contribution in [2.24, 2.45) is 0 Å². The second-order valence-electron chi connectivity index (χ2n) is 15.4. The van der Waals surface area contributed by atoms with E-state index in [0.717, 1.165) is 103 Å². The molecule has 1 rings (SSSR count). The molecule has 0 aliphatic heterocycles. The highest BCUT2D eigenvalue weighted by molar-refractivity contribution is 7.47. The topological polar surface area (TPSA) is 273 Å². The largest absolute Gasteiger partial charge is 0.472 e. The van der Waals surface area contributed by atoms with Crippen molar-refractivity contribution >= 4 is 33.4 Å². The van der Waals surface area contributed by atoms with Crippen LogP contribution in [-0.2, 0) is 46.6 Å². The van der Waals surface area contributed by atoms with Crippen LogP contribution in [0.3, 0.4) is 0 Å². The van der Waals surface area contributed by atoms with Crippen LogP contribution in [0.15, 0.2) is 48.6 Å². The fourth-order valence-electron chi connectivity index (χ4n) is 6.34. The Hall–Kier alpha value is -2.37. The van der Waals surface area contributed by atoms with Gasteiger partial charge in [0.25, 0.3) is 0 Å². The Morgan fingerprint density at radius 1 is 0.565 bits per heavy atom. The maximum absolute atomic E-state index is 12.9. The lowest BCUT2D eigenvalue weighted by Crippen LogP contribution is -2.64. The summed E-state index contributed by atoms with van der Waals surface area (Å²) in [6.07, 6.45) is 17.8. The van der Waals surface area contributed by atoms with E-state index >= 15 is 0 Å². The summed E-state index contributed by atoms with van der Waals surface area (Å²) in [6, 6.07) is 0. The molecule has 8 atom stereocenters. The van der Waals surface area contributed by atoms with Gasteiger partial charge in [0.1, 0.15) is 43.2 Å². The van der Waals surface area contributed by atoms with Crippen molar-refractivity contribution in [2.45, 2.75) is 191 Å². The standard InChI is InChI=1S/C43H74O17P2/c1-3-5-7-8-9-10-11-12-13-16-20-23-27-31-37(46)58-35(32-56-36(45)30-26-22-19-17-14-15-18-21-25-29-34(44)28-24-6-4-2)33-57-62(54,55)60-43-40(49)38(47)39(48)42(41(43)50)59-61(51,52)53/h7-8,10-11,18,21,25,29,35,38-43,47-50H,3-6,9,12-17,19-20,22-24,26-28,30-33H2,1-2H3,(H,54,55)(H2,51,52,53)/b8-7-,11-10-,21-18-,29-25+/t35-,38?,39?,40?,41?,42-,43+/m1/s1. The van der Waals surface area contributed by atoms with E-state index in [2.05, 4.69) is 42.7 Å². The maximum Gasteiger partial charge on any atom is 0.472 e. The van der Waals surface area contributed by atoms with Crippen LogP contribution in [0.2, 0.25) is 0 Å². The van der Waals surface area contributed by atoms with E-state index in [4.69, 9.17) is 28.3 Å². The van der Waals surface area contributed by atoms with Gasteiger partial charge in [-0.05, 0) is 63.9 Å². The first-order chi connectivity index (χ1) is 29.5. The van der Waals surface area contributed by atoms with Gasteiger partial charge in [-0.15, -0.1) is 0 Å². The number of aliphatic hydroxyl groups is 4. The number of esters is 2. The Bertz CT molecular complexity index is 1460. The number of ketones is 1. The molecule has 1 saturated carbocycles. The normalized spacial score (nSPS) is 22.5. The molecule has 7 N–H and O–H groups in total. The van der Waals surface area contributed by atoms with Crippen molar-refractivity contribution < 1.29 is 81.7 Å². The van der Waals surface area contributed by atoms with Crippen LogP contribution < -0.4 is 0 Å². The number of carbonyl (C=O) groups is 3. The van der Waals surface area contributed by atoms with Crippen molar-refractivity contribution in [3.05, 3.63) is 48.6 Å². The van der Waals surface area contributed by atoms with Gasteiger partial charge in [0.15, 0.2) is 11.9 Å². The third-order valence-electron chi connectivity index (χ3n) is 9.83. The van der Waals surface area contributed by atoms with E-state index in [1.165, 1.54) is 0 Å². The number of phosphoric acid groups is 2. The number of hydrogen-bond donors (Lipinski definition) is 7. The third-order valence-corrected chi connectivity index (χ3v) is 11.3. The number of aliphatic hydroxyl groups excluding tert-OH is 4. The number of hydrogen-bond acceptors (Lipinski definition) is 14. The molecule has 5 unspecified atom stereocenters. The predicted molar refractivity (Wildman–Crippen MR) is 232 cm³/mol. The minimum absolute atomic E-state index is 0.00859. The third kappa shape index (κ3) is 28.4. The monoisotopic (exact) mass is 924 g/mol. The average molecular weight is 925 g/mol. The summed E-state index contributed by atoms with van der Waals surface area (Å²) < 4.78 is 49.2. The number of unbranched alkanes of at least 4 members (excludes halogenated alkanes) is 13. The second-order valence-corrected chi connectivity index (χ2v) is 18.0. The highest BCUT2D eigenvalue weighted by Gasteiger charge is 2.54. The van der Waals surface area contributed by atoms with Gasteiger partial charge in [-0.25, -0.2) is 9.13 Å². The van der Waals surface area contributed by atoms with E-state index in [9.17, 15) is 48.8 Å². The Morgan fingerprint density at radius 3 is 1.73 bits per heavy atom. The van der Waals surface area contributed by atoms with Crippen LogP contribution in [0.1, 0.15) is 149 Å². The fraction of sp³-hybridized carbons (Fsp3) is 0.744. The summed E-state index contributed by atoms with van der Waals surface area (Å²) in [4.78, 5) is 65.9. The van der Waals surface area contributed by atoms with E-state index in [-0.39, 0.29) is 18.6 Å². The number of phosphoric ester groups is 2. The SMILES string of the molecule is CCC/C=C\C/C=C\CCCCCCCC(=O)O[C@H](COC(=O)CCCCCCC/C=C\C=C\C(=O)CCCCC)COP(=O)(O)O[C@H]1C(O)C(O)C(O)[C@@H](OP(=O)(O)O)C1O. The Balaban J connectivity index is 2.66. The van der Waals surface area contributed by atoms with E-state index in [0.29, 0.717) is 19.3 Å². The van der Waals surface area contributed by atoms with Crippen molar-refractivity contribution in [3.63, 3.8) is 0 Å². The highest BCUT2D eigenvalue weighted by atomic mass is 31.2. The van der Waals surface area contributed by atoms with E-state index in [1.807, 2.05) is 12.2 Å². The molecule has 358 valence electrons. The van der Waals surface area contributed by atoms with Gasteiger partial charge in [0.2, 0.25) is 0 Å². The Kier molecular flexibility index (Phi) is 31.7. The minimum Gasteiger partial charge on any atom is -0.462 e. The van der Waals surface area contributed by atoms with E-state index < -0.39 is 83.5 Å². The minimum atomic E-state index is -5.37. The number of ether oxygens (including phenoxy) is 2. The molecule has 0 radical (unpaired) electrons. The number of carbonyl (C=O) groups excluding carboxylic acids is 3. The lowest BCUT2D eigenvalue weighted by atomic mass is 9.85. The summed E-state index contributed by atoms with van der Waals surface area (Å²) in [6.45, 7) is 2.82. The first-order valence-electron chi connectivity index (χ1n) is 22.1. The maximum atomic E-state index is 12.9. The quantitative estimate of drug-likeness (QED) is 0.00840. The molecule has 0 spiro atoms. The molecule has 1 aliphatic carbocycles. The molecule has 0 saturated heterocycles. The molecular weight excluding hydrogens is 850 g/mol. The summed E-state index contributed by atoms with van der Waals surface area (Å²) in [5.74, 6) is -1.16. The van der Waals surface area contributed by atoms with Crippen molar-refractivity contribution in [3.8, 4) is 0 Å². The molecule has 0 aromatic rings. The van der Waals surface area contributed by atoms with Crippen LogP contribution in [-0.4, -0.2) is 109 Å². The summed E-state index contributed by atoms with van der Waals surface area (Å²) >= 11 is 0. The lowest BCUT2D eigenvalue weighted by molar-refractivity contribution is -0.216. The molecule has 0 aromatic heterocycles. The Morgan fingerprint density at radius 2 is 1.11 bits per heavy atom. The van der Waals surface area contributed by atoms with Gasteiger partial charge in [-0.3, -0.25) is 28.0 Å². The van der Waals surface area contributed by atoms with Gasteiger partial charge in [0, 0.05) is 19.3 Å². The molecule has 0 aromatic carbocycles. The molecule has 62 heavy (non-hydrogen) atoms.